The number of phenols is 1. The Hall–Kier alpha value is -10.8. The number of nitrogens with one attached hydrogen (secondary N) is 14. The summed E-state index contributed by atoms with van der Waals surface area (Å²) in [5.41, 5.74) is 14.1. The van der Waals surface area contributed by atoms with Crippen molar-refractivity contribution in [1.82, 2.24) is 73.8 Å². The maximum atomic E-state index is 14.6. The van der Waals surface area contributed by atoms with E-state index in [1.165, 1.54) is 38.1 Å². The lowest BCUT2D eigenvalue weighted by molar-refractivity contribution is -0.144. The number of carbonyl (C=O) groups is 15. The van der Waals surface area contributed by atoms with Gasteiger partial charge in [-0.25, -0.2) is 4.79 Å². The lowest BCUT2D eigenvalue weighted by Gasteiger charge is -2.28. The van der Waals surface area contributed by atoms with E-state index in [1.54, 1.807) is 74.8 Å². The van der Waals surface area contributed by atoms with E-state index in [4.69, 9.17) is 16.6 Å². The van der Waals surface area contributed by atoms with Crippen LogP contribution in [0.25, 0.3) is 21.8 Å². The molecule has 36 nitrogen and oxygen atoms in total. The number of hydrogen-bond donors (Lipinski definition) is 23. The topological polar surface area (TPSA) is 585 Å². The van der Waals surface area contributed by atoms with E-state index in [-0.39, 0.29) is 37.4 Å². The number of aliphatic hydroxyl groups is 2. The third-order valence-corrected chi connectivity index (χ3v) is 17.2. The highest BCUT2D eigenvalue weighted by atomic mass is 32.1. The van der Waals surface area contributed by atoms with Crippen molar-refractivity contribution < 1.29 is 97.5 Å². The van der Waals surface area contributed by atoms with Crippen molar-refractivity contribution in [2.75, 3.05) is 31.2 Å². The number of carboxylic acids is 2. The van der Waals surface area contributed by atoms with Crippen LogP contribution in [-0.2, 0) is 91.2 Å². The molecule has 0 unspecified atom stereocenters. The number of nitrogens with two attached hydrogens (primary N) is 2. The first-order valence-corrected chi connectivity index (χ1v) is 34.8. The van der Waals surface area contributed by atoms with E-state index in [0.29, 0.717) is 38.5 Å². The number of aromatic nitrogens is 2. The summed E-state index contributed by atoms with van der Waals surface area (Å²) in [4.78, 5) is 208. The van der Waals surface area contributed by atoms with Gasteiger partial charge in [-0.2, -0.15) is 25.3 Å². The molecule has 576 valence electrons. The van der Waals surface area contributed by atoms with Crippen LogP contribution >= 0.6 is 25.3 Å². The van der Waals surface area contributed by atoms with Crippen molar-refractivity contribution in [3.05, 3.63) is 102 Å². The molecule has 0 saturated heterocycles. The number of H-pyrrole nitrogens is 2. The summed E-state index contributed by atoms with van der Waals surface area (Å²) in [5, 5.41) is 79.1. The van der Waals surface area contributed by atoms with Crippen molar-refractivity contribution >= 4 is 136 Å². The van der Waals surface area contributed by atoms with Crippen LogP contribution in [0.1, 0.15) is 77.0 Å². The summed E-state index contributed by atoms with van der Waals surface area (Å²) in [6, 6.07) is 2.15. The summed E-state index contributed by atoms with van der Waals surface area (Å²) in [6.07, 6.45) is -1.15. The first kappa shape index (κ1) is 85.8. The molecule has 23 N–H and O–H groups in total. The van der Waals surface area contributed by atoms with Crippen molar-refractivity contribution in [3.63, 3.8) is 0 Å². The number of fused-ring (bicyclic) bond motifs is 2. The molecule has 0 aliphatic heterocycles. The lowest BCUT2D eigenvalue weighted by atomic mass is 10.00. The van der Waals surface area contributed by atoms with E-state index < -0.39 is 218 Å². The van der Waals surface area contributed by atoms with Crippen LogP contribution in [0.4, 0.5) is 0 Å². The zero-order valence-corrected chi connectivity index (χ0v) is 60.3. The van der Waals surface area contributed by atoms with Crippen LogP contribution in [0, 0.1) is 11.8 Å². The normalized spacial score (nSPS) is 14.6. The summed E-state index contributed by atoms with van der Waals surface area (Å²) < 4.78 is 0. The van der Waals surface area contributed by atoms with Gasteiger partial charge in [-0.1, -0.05) is 76.2 Å². The number of aromatic hydroxyl groups is 1. The molecule has 0 saturated carbocycles. The Morgan fingerprint density at radius 1 is 0.481 bits per heavy atom. The van der Waals surface area contributed by atoms with Crippen molar-refractivity contribution in [3.8, 4) is 5.75 Å². The molecule has 38 heteroatoms. The smallest absolute Gasteiger partial charge is 0.326 e. The minimum absolute atomic E-state index is 0.0583. The standard InChI is InChI=1S/C68H92N16O20S2/c1-32(2)20-44(59(94)81-51(31-106)65(100)80-49(29-85)63(98)84-57(34(5)86)67(102)76-43(68(103)104)18-19-55(91)92)75-54(90)28-73-58(93)46(22-36-26-71-41-12-8-6-10-39(36)41)79-66(101)56(33(3)4)83-62(97)48(24-52(70)88)78-64(99)50(30-105)82-61(96)47(23-37-27-72-42-13-9-7-11-40(37)42)77-60(95)45(74-53(89)25-69)21-35-14-16-38(87)17-15-35/h6-17,26-27,32-34,43-51,56-57,71-72,85-87,105-106H,18-25,28-31,69H2,1-5H3,(H2,70,88)(H,73,93)(H,74,89)(H,75,90)(H,76,102)(H,77,95)(H,78,99)(H,79,101)(H,80,100)(H,81,94)(H,82,96)(H,83,97)(H,84,98)(H,91,92)(H,103,104)/t34-,43+,44+,45+,46+,47+,48+,49+,50+,51+,56+,57+/m1/s1. The highest BCUT2D eigenvalue weighted by Crippen LogP contribution is 2.22. The van der Waals surface area contributed by atoms with E-state index in [9.17, 15) is 92.3 Å². The molecule has 5 rings (SSSR count). The molecule has 0 fully saturated rings. The molecule has 106 heavy (non-hydrogen) atoms. The highest BCUT2D eigenvalue weighted by molar-refractivity contribution is 7.80. The first-order chi connectivity index (χ1) is 50.2. The molecule has 5 aromatic rings. The minimum Gasteiger partial charge on any atom is -0.508 e. The number of amides is 13. The molecular formula is C68H92N16O20S2. The minimum atomic E-state index is -1.88. The SMILES string of the molecule is CC(C)C[C@H](NC(=O)CNC(=O)[C@H](Cc1c[nH]c2ccccc12)NC(=O)[C@@H](NC(=O)[C@H](CC(N)=O)NC(=O)[C@H](CS)NC(=O)[C@H](Cc1c[nH]c2ccccc12)NC(=O)[C@H](Cc1ccc(O)cc1)NC(=O)CN)C(C)C)C(=O)N[C@@H](CS)C(=O)N[C@@H](CO)C(=O)N[C@H](C(=O)N[C@@H](CCC(=O)O)C(=O)O)[C@@H](C)O. The number of aromatic amines is 2. The molecule has 0 radical (unpaired) electrons. The van der Waals surface area contributed by atoms with E-state index in [0.717, 1.165) is 6.92 Å². The lowest BCUT2D eigenvalue weighted by Crippen LogP contribution is -2.62. The van der Waals surface area contributed by atoms with Gasteiger partial charge in [0.05, 0.1) is 32.2 Å². The zero-order chi connectivity index (χ0) is 78.6. The number of rotatable bonds is 43. The van der Waals surface area contributed by atoms with Crippen LogP contribution < -0.4 is 75.3 Å². The number of carbonyl (C=O) groups excluding carboxylic acids is 13. The third-order valence-electron chi connectivity index (χ3n) is 16.5. The Kier molecular flexibility index (Phi) is 33.7. The van der Waals surface area contributed by atoms with Gasteiger partial charge in [0.1, 0.15) is 72.2 Å². The highest BCUT2D eigenvalue weighted by Gasteiger charge is 2.38. The molecular weight excluding hydrogens is 1420 g/mol. The molecule has 12 atom stereocenters. The van der Waals surface area contributed by atoms with Gasteiger partial charge >= 0.3 is 11.9 Å². The quantitative estimate of drug-likeness (QED) is 0.0164. The Bertz CT molecular complexity index is 3960. The Morgan fingerprint density at radius 2 is 0.906 bits per heavy atom. The number of hydrogen-bond acceptors (Lipinski definition) is 21. The molecule has 0 bridgehead atoms. The van der Waals surface area contributed by atoms with Crippen molar-refractivity contribution in [2.24, 2.45) is 23.3 Å². The van der Waals surface area contributed by atoms with Gasteiger partial charge in [-0.05, 0) is 72.6 Å². The summed E-state index contributed by atoms with van der Waals surface area (Å²) in [6.45, 7) is 5.09. The fourth-order valence-corrected chi connectivity index (χ4v) is 11.4. The zero-order valence-electron chi connectivity index (χ0n) is 58.6. The number of phenolic OH excluding ortho intramolecular Hbond substituents is 1. The van der Waals surface area contributed by atoms with Crippen LogP contribution in [0.5, 0.6) is 5.75 Å². The third kappa shape index (κ3) is 26.4. The average Bonchev–Trinajstić information content (AvgIpc) is 1.65. The predicted molar refractivity (Wildman–Crippen MR) is 388 cm³/mol. The number of aliphatic carboxylic acids is 2. The fourth-order valence-electron chi connectivity index (χ4n) is 10.9. The number of para-hydroxylation sites is 2. The van der Waals surface area contributed by atoms with E-state index in [2.05, 4.69) is 93.7 Å². The van der Waals surface area contributed by atoms with Crippen molar-refractivity contribution in [2.45, 2.75) is 152 Å². The monoisotopic (exact) mass is 1520 g/mol. The number of primary amides is 1. The summed E-state index contributed by atoms with van der Waals surface area (Å²) >= 11 is 8.46. The fraction of sp³-hybridized carbons (Fsp3) is 0.456. The van der Waals surface area contributed by atoms with Crippen LogP contribution in [-0.4, -0.2) is 228 Å². The van der Waals surface area contributed by atoms with Gasteiger partial charge < -0.3 is 111 Å². The second-order valence-electron chi connectivity index (χ2n) is 25.7. The van der Waals surface area contributed by atoms with Gasteiger partial charge in [0.25, 0.3) is 0 Å². The maximum absolute atomic E-state index is 14.6. The molecule has 0 aliphatic carbocycles. The van der Waals surface area contributed by atoms with Crippen LogP contribution in [0.15, 0.2) is 85.2 Å². The number of aliphatic hydroxyl groups excluding tert-OH is 2. The van der Waals surface area contributed by atoms with Gasteiger partial charge in [0.15, 0.2) is 0 Å². The first-order valence-electron chi connectivity index (χ1n) is 33.6. The average molecular weight is 1520 g/mol. The van der Waals surface area contributed by atoms with Crippen LogP contribution in [0.2, 0.25) is 0 Å². The second kappa shape index (κ2) is 41.6. The second-order valence-corrected chi connectivity index (χ2v) is 26.4. The number of carboxylic acid groups (broad SMARTS) is 2. The number of benzene rings is 3. The largest absolute Gasteiger partial charge is 0.508 e. The predicted octanol–water partition coefficient (Wildman–Crippen LogP) is -4.45. The van der Waals surface area contributed by atoms with E-state index >= 15 is 0 Å². The molecule has 13 amide bonds. The maximum Gasteiger partial charge on any atom is 0.326 e. The molecule has 2 aromatic heterocycles. The molecule has 3 aromatic carbocycles. The Labute approximate surface area is 618 Å². The summed E-state index contributed by atoms with van der Waals surface area (Å²) in [7, 11) is 0. The molecule has 2 heterocycles. The summed E-state index contributed by atoms with van der Waals surface area (Å²) in [5.74, 6) is -18.2. The van der Waals surface area contributed by atoms with Gasteiger partial charge in [-0.3, -0.25) is 67.1 Å². The van der Waals surface area contributed by atoms with Gasteiger partial charge in [-0.15, -0.1) is 0 Å². The van der Waals surface area contributed by atoms with Crippen molar-refractivity contribution in [1.29, 1.82) is 0 Å². The Morgan fingerprint density at radius 3 is 1.39 bits per heavy atom. The molecule has 0 spiro atoms. The molecule has 0 aliphatic rings. The van der Waals surface area contributed by atoms with Crippen LogP contribution in [0.3, 0.4) is 0 Å². The Balaban J connectivity index is 1.30. The van der Waals surface area contributed by atoms with Gasteiger partial charge in [0, 0.05) is 71.4 Å². The van der Waals surface area contributed by atoms with Gasteiger partial charge in [0.2, 0.25) is 76.8 Å². The number of thiol groups is 2. The van der Waals surface area contributed by atoms with E-state index in [1.807, 2.05) is 5.32 Å².